The van der Waals surface area contributed by atoms with E-state index in [1.165, 1.54) is 141 Å². The first-order valence-corrected chi connectivity index (χ1v) is 18.2. The van der Waals surface area contributed by atoms with Crippen LogP contribution in [0.25, 0.3) is 0 Å². The van der Waals surface area contributed by atoms with Gasteiger partial charge in [0.25, 0.3) is 0 Å². The maximum Gasteiger partial charge on any atom is 1.00 e. The zero-order valence-corrected chi connectivity index (χ0v) is 31.2. The Morgan fingerprint density at radius 2 is 0.565 bits per heavy atom. The normalized spacial score (nSPS) is 10.5. The van der Waals surface area contributed by atoms with Gasteiger partial charge in [-0.2, -0.15) is 0 Å². The average molecular weight is 633 g/mol. The minimum atomic E-state index is -2.92. The second-order valence-corrected chi connectivity index (χ2v) is 12.7. The van der Waals surface area contributed by atoms with Crippen molar-refractivity contribution in [3.8, 4) is 0 Å². The van der Waals surface area contributed by atoms with Gasteiger partial charge in [-0.05, 0) is 12.8 Å². The van der Waals surface area contributed by atoms with Gasteiger partial charge in [0, 0.05) is 0 Å². The Bertz CT molecular complexity index is 566. The molecule has 0 amide bonds. The summed E-state index contributed by atoms with van der Waals surface area (Å²) in [7, 11) is -2.92. The number of carbonyl (C=O) groups is 2. The minimum Gasteiger partial charge on any atom is -0.907 e. The van der Waals surface area contributed by atoms with Gasteiger partial charge in [0.15, 0.2) is 5.41 Å². The molecule has 0 aliphatic carbocycles. The fourth-order valence-corrected chi connectivity index (χ4v) is 5.89. The molecule has 2 N–H and O–H groups in total. The van der Waals surface area contributed by atoms with Crippen LogP contribution in [0.5, 0.6) is 0 Å². The van der Waals surface area contributed by atoms with Crippen molar-refractivity contribution < 1.29 is 91.5 Å². The summed E-state index contributed by atoms with van der Waals surface area (Å²) in [5, 5.41) is 44.9. The van der Waals surface area contributed by atoms with Crippen LogP contribution >= 0.6 is 0 Å². The van der Waals surface area contributed by atoms with Crippen molar-refractivity contribution in [2.24, 2.45) is 5.41 Å². The molecule has 0 bridgehead atoms. The Labute approximate surface area is 320 Å². The molecule has 0 unspecified atom stereocenters. The molecule has 0 fully saturated rings. The summed E-state index contributed by atoms with van der Waals surface area (Å²) in [6, 6.07) is 0. The molecule has 46 heavy (non-hydrogen) atoms. The van der Waals surface area contributed by atoms with E-state index in [4.69, 9.17) is 15.1 Å². The van der Waals surface area contributed by atoms with Gasteiger partial charge in [0.1, 0.15) is 0 Å². The van der Waals surface area contributed by atoms with Crippen molar-refractivity contribution in [1.82, 2.24) is 0 Å². The first-order valence-electron chi connectivity index (χ1n) is 18.2. The van der Waals surface area contributed by atoms with E-state index >= 15 is 0 Å². The molecule has 0 aliphatic rings. The van der Waals surface area contributed by atoms with Crippen LogP contribution in [0.2, 0.25) is 0 Å². The molecule has 0 saturated heterocycles. The molecule has 0 rings (SSSR count). The SMILES string of the molecule is CCCCCCCCCCCCCCCCC(CCCCCCCCCCCCCCCC)(C(=O)O)C(=O)O.[Li+].[Li+].[Li+].[O-]B([O-])[O-]. The molecule has 0 saturated carbocycles. The van der Waals surface area contributed by atoms with Gasteiger partial charge in [0.05, 0.1) is 0 Å². The predicted octanol–water partition coefficient (Wildman–Crippen LogP) is -1.05. The van der Waals surface area contributed by atoms with Crippen LogP contribution in [0.1, 0.15) is 206 Å². The molecule has 0 aliphatic heterocycles. The van der Waals surface area contributed by atoms with Crippen molar-refractivity contribution >= 4 is 19.3 Å². The third kappa shape index (κ3) is 39.1. The maximum absolute atomic E-state index is 12.0. The first kappa shape index (κ1) is 56.1. The van der Waals surface area contributed by atoms with Crippen LogP contribution in [0.15, 0.2) is 0 Å². The largest absolute Gasteiger partial charge is 1.00 e. The molecular formula is C35H68BLi3O7. The number of hydrogen-bond acceptors (Lipinski definition) is 5. The zero-order valence-electron chi connectivity index (χ0n) is 31.2. The van der Waals surface area contributed by atoms with Crippen LogP contribution < -0.4 is 71.7 Å². The molecule has 0 atom stereocenters. The average Bonchev–Trinajstić information content (AvgIpc) is 2.95. The molecule has 0 aromatic heterocycles. The van der Waals surface area contributed by atoms with Gasteiger partial charge in [-0.15, -0.1) is 0 Å². The fraction of sp³-hybridized carbons (Fsp3) is 0.943. The first-order chi connectivity index (χ1) is 20.7. The Kier molecular flexibility index (Phi) is 53.3. The molecule has 0 spiro atoms. The van der Waals surface area contributed by atoms with Crippen LogP contribution in [0.3, 0.4) is 0 Å². The minimum absolute atomic E-state index is 0. The molecule has 0 aromatic carbocycles. The summed E-state index contributed by atoms with van der Waals surface area (Å²) in [4.78, 5) is 24.0. The summed E-state index contributed by atoms with van der Waals surface area (Å²) >= 11 is 0. The van der Waals surface area contributed by atoms with E-state index in [9.17, 15) is 19.8 Å². The van der Waals surface area contributed by atoms with Crippen molar-refractivity contribution in [3.63, 3.8) is 0 Å². The summed E-state index contributed by atoms with van der Waals surface area (Å²) < 4.78 is 0. The van der Waals surface area contributed by atoms with Gasteiger partial charge >= 0.3 is 68.5 Å². The van der Waals surface area contributed by atoms with E-state index in [0.29, 0.717) is 12.8 Å². The number of unbranched alkanes of at least 4 members (excludes halogenated alkanes) is 26. The molecule has 0 aromatic rings. The van der Waals surface area contributed by atoms with Crippen LogP contribution in [-0.2, 0) is 9.59 Å². The Morgan fingerprint density at radius 1 is 0.413 bits per heavy atom. The Morgan fingerprint density at radius 3 is 0.717 bits per heavy atom. The van der Waals surface area contributed by atoms with Gasteiger partial charge in [-0.3, -0.25) is 16.9 Å². The second-order valence-electron chi connectivity index (χ2n) is 12.7. The van der Waals surface area contributed by atoms with E-state index in [0.717, 1.165) is 25.7 Å². The van der Waals surface area contributed by atoms with Crippen molar-refractivity contribution in [1.29, 1.82) is 0 Å². The molecule has 0 heterocycles. The van der Waals surface area contributed by atoms with E-state index in [1.807, 2.05) is 0 Å². The summed E-state index contributed by atoms with van der Waals surface area (Å²) in [6.45, 7) is 4.52. The van der Waals surface area contributed by atoms with Gasteiger partial charge in [0.2, 0.25) is 0 Å². The zero-order chi connectivity index (χ0) is 32.4. The third-order valence-corrected chi connectivity index (χ3v) is 8.73. The maximum atomic E-state index is 12.0. The third-order valence-electron chi connectivity index (χ3n) is 8.73. The van der Waals surface area contributed by atoms with E-state index in [-0.39, 0.29) is 69.4 Å². The smallest absolute Gasteiger partial charge is 0.907 e. The summed E-state index contributed by atoms with van der Waals surface area (Å²) in [5.74, 6) is -2.28. The van der Waals surface area contributed by atoms with E-state index in [2.05, 4.69) is 13.8 Å². The van der Waals surface area contributed by atoms with Gasteiger partial charge in [-0.25, -0.2) is 0 Å². The number of rotatable bonds is 32. The van der Waals surface area contributed by atoms with E-state index < -0.39 is 24.7 Å². The molecule has 256 valence electrons. The van der Waals surface area contributed by atoms with Gasteiger partial charge < -0.3 is 25.3 Å². The topological polar surface area (TPSA) is 144 Å². The number of aliphatic carboxylic acids is 2. The standard InChI is InChI=1S/C35H68O4.BO3.3Li/c1-3-5-7-9-11-13-15-17-19-21-23-25-27-29-31-35(33(36)37,34(38)39)32-30-28-26-24-22-20-18-16-14-12-10-8-6-4-2;2-1(3)4;;;/h3-32H2,1-2H3,(H,36,37)(H,38,39);;;;/q;-3;3*+1. The van der Waals surface area contributed by atoms with Crippen molar-refractivity contribution in [3.05, 3.63) is 0 Å². The molecule has 11 heteroatoms. The summed E-state index contributed by atoms with van der Waals surface area (Å²) in [5.41, 5.74) is -1.59. The second kappa shape index (κ2) is 43.7. The predicted molar refractivity (Wildman–Crippen MR) is 173 cm³/mol. The van der Waals surface area contributed by atoms with Crippen LogP contribution in [0, 0.1) is 5.41 Å². The van der Waals surface area contributed by atoms with Crippen molar-refractivity contribution in [2.75, 3.05) is 0 Å². The molecule has 7 nitrogen and oxygen atoms in total. The number of carboxylic acid groups (broad SMARTS) is 2. The monoisotopic (exact) mass is 633 g/mol. The quantitative estimate of drug-likeness (QED) is 0.0548. The number of hydrogen-bond donors (Lipinski definition) is 2. The van der Waals surface area contributed by atoms with E-state index in [1.54, 1.807) is 0 Å². The molecule has 0 radical (unpaired) electrons. The Balaban J connectivity index is -0.000000752. The Hall–Kier alpha value is 0.677. The fourth-order valence-electron chi connectivity index (χ4n) is 5.89. The van der Waals surface area contributed by atoms with Crippen LogP contribution in [0.4, 0.5) is 0 Å². The molecular weight excluding hydrogens is 564 g/mol. The van der Waals surface area contributed by atoms with Crippen molar-refractivity contribution in [2.45, 2.75) is 206 Å². The summed E-state index contributed by atoms with van der Waals surface area (Å²) in [6.07, 6.45) is 35.3. The van der Waals surface area contributed by atoms with Gasteiger partial charge in [-0.1, -0.05) is 194 Å². The van der Waals surface area contributed by atoms with Crippen LogP contribution in [-0.4, -0.2) is 29.5 Å². The number of carboxylic acids is 2.